The van der Waals surface area contributed by atoms with Gasteiger partial charge in [-0.3, -0.25) is 4.79 Å². The predicted molar refractivity (Wildman–Crippen MR) is 104 cm³/mol. The van der Waals surface area contributed by atoms with Gasteiger partial charge in [-0.1, -0.05) is 60.7 Å². The summed E-state index contributed by atoms with van der Waals surface area (Å²) in [6.07, 6.45) is 3.69. The molecule has 0 radical (unpaired) electrons. The normalized spacial score (nSPS) is 18.0. The fourth-order valence-electron chi connectivity index (χ4n) is 3.78. The van der Waals surface area contributed by atoms with Gasteiger partial charge in [0.2, 0.25) is 0 Å². The van der Waals surface area contributed by atoms with Crippen LogP contribution in [0, 0.1) is 0 Å². The summed E-state index contributed by atoms with van der Waals surface area (Å²) in [5, 5.41) is 9.40. The lowest BCUT2D eigenvalue weighted by Crippen LogP contribution is -2.33. The highest BCUT2D eigenvalue weighted by atomic mass is 35.5. The summed E-state index contributed by atoms with van der Waals surface area (Å²) in [7, 11) is 0. The van der Waals surface area contributed by atoms with Crippen LogP contribution in [0.15, 0.2) is 73.1 Å². The van der Waals surface area contributed by atoms with Crippen LogP contribution in [0.3, 0.4) is 0 Å². The van der Waals surface area contributed by atoms with Gasteiger partial charge in [0.05, 0.1) is 6.54 Å². The topological polar surface area (TPSA) is 64.4 Å². The number of imidazole rings is 1. The van der Waals surface area contributed by atoms with E-state index in [0.717, 1.165) is 11.1 Å². The molecular weight excluding hydrogens is 364 g/mol. The van der Waals surface area contributed by atoms with Gasteiger partial charge in [-0.2, -0.15) is 0 Å². The van der Waals surface area contributed by atoms with E-state index in [1.807, 2.05) is 65.2 Å². The predicted octanol–water partition coefficient (Wildman–Crippen LogP) is 3.10. The smallest absolute Gasteiger partial charge is 0.321 e. The van der Waals surface area contributed by atoms with Gasteiger partial charge in [0.15, 0.2) is 0 Å². The van der Waals surface area contributed by atoms with Crippen LogP contribution in [0.4, 0.5) is 0 Å². The third-order valence-electron chi connectivity index (χ3n) is 5.03. The summed E-state index contributed by atoms with van der Waals surface area (Å²) in [6, 6.07) is 19.6. The number of halogens is 1. The molecule has 2 aromatic carbocycles. The summed E-state index contributed by atoms with van der Waals surface area (Å²) in [5.41, 5.74) is 1.06. The molecule has 0 spiro atoms. The number of hydrogen-bond acceptors (Lipinski definition) is 4. The molecule has 1 N–H and O–H groups in total. The molecule has 4 rings (SSSR count). The van der Waals surface area contributed by atoms with Gasteiger partial charge < -0.3 is 14.4 Å². The number of aromatic nitrogens is 2. The number of hydrogen-bond donors (Lipinski definition) is 1. The monoisotopic (exact) mass is 384 g/mol. The highest BCUT2D eigenvalue weighted by Crippen LogP contribution is 2.43. The zero-order valence-corrected chi connectivity index (χ0v) is 15.5. The van der Waals surface area contributed by atoms with Crippen LogP contribution in [-0.4, -0.2) is 26.7 Å². The molecule has 1 aromatic heterocycles. The first kappa shape index (κ1) is 19.1. The highest BCUT2D eigenvalue weighted by molar-refractivity contribution is 5.89. The zero-order valence-electron chi connectivity index (χ0n) is 14.7. The van der Waals surface area contributed by atoms with E-state index in [1.165, 1.54) is 0 Å². The summed E-state index contributed by atoms with van der Waals surface area (Å²) >= 11 is 0. The van der Waals surface area contributed by atoms with Gasteiger partial charge in [-0.25, -0.2) is 4.98 Å². The number of carbonyl (C=O) groups excluding carboxylic acids is 1. The van der Waals surface area contributed by atoms with Crippen molar-refractivity contribution in [2.75, 3.05) is 0 Å². The molecule has 27 heavy (non-hydrogen) atoms. The van der Waals surface area contributed by atoms with Crippen molar-refractivity contribution in [2.45, 2.75) is 31.1 Å². The molecule has 0 aliphatic carbocycles. The number of ether oxygens (including phenoxy) is 1. The Bertz CT molecular complexity index is 857. The third-order valence-corrected chi connectivity index (χ3v) is 5.03. The number of benzene rings is 2. The summed E-state index contributed by atoms with van der Waals surface area (Å²) in [5.74, 6) is 0.337. The van der Waals surface area contributed by atoms with Crippen molar-refractivity contribution >= 4 is 18.4 Å². The summed E-state index contributed by atoms with van der Waals surface area (Å²) < 4.78 is 7.63. The molecule has 1 aliphatic heterocycles. The molecule has 3 aromatic rings. The maximum atomic E-state index is 13.1. The van der Waals surface area contributed by atoms with Crippen molar-refractivity contribution in [3.63, 3.8) is 0 Å². The van der Waals surface area contributed by atoms with E-state index in [-0.39, 0.29) is 31.1 Å². The van der Waals surface area contributed by atoms with Gasteiger partial charge in [0.25, 0.3) is 0 Å². The Morgan fingerprint density at radius 3 is 2.22 bits per heavy atom. The molecular formula is C21H21ClN2O3. The van der Waals surface area contributed by atoms with E-state index < -0.39 is 5.41 Å². The Morgan fingerprint density at radius 2 is 1.67 bits per heavy atom. The molecule has 1 fully saturated rings. The molecule has 1 unspecified atom stereocenters. The Kier molecular flexibility index (Phi) is 5.63. The summed E-state index contributed by atoms with van der Waals surface area (Å²) in [6.45, 7) is 0.333. The van der Waals surface area contributed by atoms with Crippen molar-refractivity contribution in [1.82, 2.24) is 9.55 Å². The van der Waals surface area contributed by atoms with Gasteiger partial charge in [0, 0.05) is 18.8 Å². The molecule has 1 saturated heterocycles. The largest absolute Gasteiger partial charge is 0.459 e. The molecule has 140 valence electrons. The third kappa shape index (κ3) is 3.36. The Labute approximate surface area is 164 Å². The molecule has 1 atom stereocenters. The first-order valence-corrected chi connectivity index (χ1v) is 8.67. The molecule has 6 heteroatoms. The maximum Gasteiger partial charge on any atom is 0.321 e. The minimum Gasteiger partial charge on any atom is -0.459 e. The maximum absolute atomic E-state index is 13.1. The van der Waals surface area contributed by atoms with Crippen molar-refractivity contribution in [1.29, 1.82) is 0 Å². The fraction of sp³-hybridized carbons (Fsp3) is 0.238. The van der Waals surface area contributed by atoms with Crippen molar-refractivity contribution in [3.8, 4) is 0 Å². The quantitative estimate of drug-likeness (QED) is 0.686. The minimum atomic E-state index is -0.812. The van der Waals surface area contributed by atoms with Gasteiger partial charge in [0.1, 0.15) is 24.0 Å². The fourth-order valence-corrected chi connectivity index (χ4v) is 3.78. The SMILES string of the molecule is Cl.O=C1OC(Cn2ccnc2CO)CC1(c1ccccc1)c1ccccc1. The number of cyclic esters (lactones) is 1. The van der Waals surface area contributed by atoms with E-state index in [4.69, 9.17) is 4.74 Å². The van der Waals surface area contributed by atoms with Crippen LogP contribution >= 0.6 is 12.4 Å². The second-order valence-electron chi connectivity index (χ2n) is 6.52. The van der Waals surface area contributed by atoms with Crippen LogP contribution in [0.25, 0.3) is 0 Å². The first-order chi connectivity index (χ1) is 12.7. The molecule has 0 bridgehead atoms. The van der Waals surface area contributed by atoms with Crippen molar-refractivity contribution in [2.24, 2.45) is 0 Å². The molecule has 0 amide bonds. The average Bonchev–Trinajstić information content (AvgIpc) is 3.27. The molecule has 5 nitrogen and oxygen atoms in total. The van der Waals surface area contributed by atoms with E-state index >= 15 is 0 Å². The van der Waals surface area contributed by atoms with Gasteiger partial charge in [-0.15, -0.1) is 12.4 Å². The second-order valence-corrected chi connectivity index (χ2v) is 6.52. The lowest BCUT2D eigenvalue weighted by Gasteiger charge is -2.26. The first-order valence-electron chi connectivity index (χ1n) is 8.67. The van der Waals surface area contributed by atoms with E-state index in [0.29, 0.717) is 18.8 Å². The summed E-state index contributed by atoms with van der Waals surface area (Å²) in [4.78, 5) is 17.2. The highest BCUT2D eigenvalue weighted by Gasteiger charge is 2.51. The van der Waals surface area contributed by atoms with Crippen LogP contribution in [0.5, 0.6) is 0 Å². The lowest BCUT2D eigenvalue weighted by molar-refractivity contribution is -0.145. The van der Waals surface area contributed by atoms with E-state index in [2.05, 4.69) is 4.98 Å². The van der Waals surface area contributed by atoms with Gasteiger partial charge in [-0.05, 0) is 11.1 Å². The van der Waals surface area contributed by atoms with Crippen LogP contribution in [0.1, 0.15) is 23.4 Å². The zero-order chi connectivity index (χ0) is 18.0. The van der Waals surface area contributed by atoms with Crippen LogP contribution in [-0.2, 0) is 28.1 Å². The lowest BCUT2D eigenvalue weighted by atomic mass is 9.72. The average molecular weight is 385 g/mol. The second kappa shape index (κ2) is 7.94. The molecule has 2 heterocycles. The van der Waals surface area contributed by atoms with Crippen LogP contribution in [0.2, 0.25) is 0 Å². The minimum absolute atomic E-state index is 0. The standard InChI is InChI=1S/C21H20N2O3.ClH/c24-15-19-22-11-12-23(19)14-18-13-21(20(25)26-18,16-7-3-1-4-8-16)17-9-5-2-6-10-17;/h1-12,18,24H,13-15H2;1H. The van der Waals surface area contributed by atoms with E-state index in [9.17, 15) is 9.90 Å². The number of nitrogens with zero attached hydrogens (tertiary/aromatic N) is 2. The van der Waals surface area contributed by atoms with Crippen molar-refractivity contribution in [3.05, 3.63) is 90.0 Å². The Morgan fingerprint density at radius 1 is 1.07 bits per heavy atom. The van der Waals surface area contributed by atoms with E-state index in [1.54, 1.807) is 12.4 Å². The van der Waals surface area contributed by atoms with Crippen LogP contribution < -0.4 is 0 Å². The molecule has 0 saturated carbocycles. The Balaban J connectivity index is 0.00000210. The van der Waals surface area contributed by atoms with Gasteiger partial charge >= 0.3 is 5.97 Å². The van der Waals surface area contributed by atoms with Crippen molar-refractivity contribution < 1.29 is 14.6 Å². The number of aliphatic hydroxyl groups is 1. The number of rotatable bonds is 5. The number of esters is 1. The number of carbonyl (C=O) groups is 1. The number of aliphatic hydroxyl groups excluding tert-OH is 1. The molecule has 1 aliphatic rings. The Hall–Kier alpha value is -2.63.